The van der Waals surface area contributed by atoms with Crippen LogP contribution in [-0.4, -0.2) is 4.98 Å². The molecule has 0 N–H and O–H groups in total. The van der Waals surface area contributed by atoms with Crippen LogP contribution in [0.5, 0.6) is 0 Å². The highest BCUT2D eigenvalue weighted by molar-refractivity contribution is 9.11. The van der Waals surface area contributed by atoms with Crippen molar-refractivity contribution in [2.24, 2.45) is 0 Å². The maximum absolute atomic E-state index is 3.99. The van der Waals surface area contributed by atoms with Crippen LogP contribution in [0.25, 0.3) is 5.57 Å². The SMILES string of the molecule is C/C(=C\Br)c1cccnc1. The third kappa shape index (κ3) is 1.67. The zero-order valence-electron chi connectivity index (χ0n) is 5.71. The highest BCUT2D eigenvalue weighted by Gasteiger charge is 1.90. The molecule has 1 nitrogen and oxygen atoms in total. The standard InChI is InChI=1S/C8H8BrN/c1-7(5-9)8-3-2-4-10-6-8/h2-6H,1H3/b7-5+. The second-order valence-corrected chi connectivity index (χ2v) is 2.49. The van der Waals surface area contributed by atoms with E-state index in [0.717, 1.165) is 5.56 Å². The van der Waals surface area contributed by atoms with E-state index in [0.29, 0.717) is 0 Å². The van der Waals surface area contributed by atoms with E-state index in [4.69, 9.17) is 0 Å². The van der Waals surface area contributed by atoms with Gasteiger partial charge in [0.05, 0.1) is 0 Å². The molecule has 0 fully saturated rings. The molecule has 52 valence electrons. The summed E-state index contributed by atoms with van der Waals surface area (Å²) in [5.41, 5.74) is 2.34. The number of rotatable bonds is 1. The van der Waals surface area contributed by atoms with Crippen LogP contribution in [0, 0.1) is 0 Å². The number of hydrogen-bond donors (Lipinski definition) is 0. The first kappa shape index (κ1) is 7.48. The van der Waals surface area contributed by atoms with E-state index in [2.05, 4.69) is 20.9 Å². The van der Waals surface area contributed by atoms with E-state index >= 15 is 0 Å². The Bertz CT molecular complexity index is 228. The van der Waals surface area contributed by atoms with Crippen molar-refractivity contribution in [1.82, 2.24) is 4.98 Å². The smallest absolute Gasteiger partial charge is 0.0343 e. The number of aromatic nitrogens is 1. The van der Waals surface area contributed by atoms with Crippen LogP contribution in [-0.2, 0) is 0 Å². The summed E-state index contributed by atoms with van der Waals surface area (Å²) in [7, 11) is 0. The number of halogens is 1. The van der Waals surface area contributed by atoms with Crippen molar-refractivity contribution in [3.05, 3.63) is 35.1 Å². The van der Waals surface area contributed by atoms with Crippen LogP contribution < -0.4 is 0 Å². The van der Waals surface area contributed by atoms with Gasteiger partial charge in [-0.2, -0.15) is 0 Å². The number of pyridine rings is 1. The minimum atomic E-state index is 1.15. The van der Waals surface area contributed by atoms with E-state index in [-0.39, 0.29) is 0 Å². The molecule has 0 spiro atoms. The molecule has 1 aromatic heterocycles. The van der Waals surface area contributed by atoms with Gasteiger partial charge in [-0.1, -0.05) is 22.0 Å². The Morgan fingerprint density at radius 2 is 2.50 bits per heavy atom. The van der Waals surface area contributed by atoms with Crippen LogP contribution in [0.1, 0.15) is 12.5 Å². The third-order valence-electron chi connectivity index (χ3n) is 1.28. The van der Waals surface area contributed by atoms with Crippen molar-refractivity contribution in [3.8, 4) is 0 Å². The summed E-state index contributed by atoms with van der Waals surface area (Å²) in [6, 6.07) is 3.95. The molecule has 1 heterocycles. The molecule has 0 aliphatic rings. The molecule has 0 amide bonds. The highest BCUT2D eigenvalue weighted by atomic mass is 79.9. The molecular formula is C8H8BrN. The highest BCUT2D eigenvalue weighted by Crippen LogP contribution is 2.12. The summed E-state index contributed by atoms with van der Waals surface area (Å²) in [6.07, 6.45) is 3.61. The quantitative estimate of drug-likeness (QED) is 0.676. The molecular weight excluding hydrogens is 190 g/mol. The molecule has 0 radical (unpaired) electrons. The topological polar surface area (TPSA) is 12.9 Å². The Kier molecular flexibility index (Phi) is 2.63. The van der Waals surface area contributed by atoms with Gasteiger partial charge in [-0.3, -0.25) is 4.98 Å². The van der Waals surface area contributed by atoms with Crippen molar-refractivity contribution in [2.45, 2.75) is 6.92 Å². The molecule has 0 unspecified atom stereocenters. The van der Waals surface area contributed by atoms with Crippen molar-refractivity contribution < 1.29 is 0 Å². The summed E-state index contributed by atoms with van der Waals surface area (Å²) in [4.78, 5) is 5.88. The van der Waals surface area contributed by atoms with Crippen molar-refractivity contribution >= 4 is 21.5 Å². The first-order chi connectivity index (χ1) is 4.84. The molecule has 10 heavy (non-hydrogen) atoms. The van der Waals surface area contributed by atoms with Gasteiger partial charge in [0.15, 0.2) is 0 Å². The Balaban J connectivity index is 2.96. The molecule has 1 aromatic rings. The van der Waals surface area contributed by atoms with Gasteiger partial charge in [0.25, 0.3) is 0 Å². The van der Waals surface area contributed by atoms with Crippen LogP contribution in [0.15, 0.2) is 29.5 Å². The van der Waals surface area contributed by atoms with Crippen LogP contribution >= 0.6 is 15.9 Å². The van der Waals surface area contributed by atoms with Crippen LogP contribution in [0.3, 0.4) is 0 Å². The number of hydrogen-bond acceptors (Lipinski definition) is 1. The Morgan fingerprint density at radius 1 is 1.70 bits per heavy atom. The fourth-order valence-corrected chi connectivity index (χ4v) is 0.923. The average Bonchev–Trinajstić information content (AvgIpc) is 2.05. The molecule has 1 rings (SSSR count). The van der Waals surface area contributed by atoms with Crippen molar-refractivity contribution in [3.63, 3.8) is 0 Å². The van der Waals surface area contributed by atoms with E-state index < -0.39 is 0 Å². The molecule has 0 saturated heterocycles. The summed E-state index contributed by atoms with van der Waals surface area (Å²) < 4.78 is 0. The Labute approximate surface area is 68.9 Å². The lowest BCUT2D eigenvalue weighted by Crippen LogP contribution is -1.77. The molecule has 0 atom stereocenters. The fourth-order valence-electron chi connectivity index (χ4n) is 0.659. The lowest BCUT2D eigenvalue weighted by atomic mass is 10.2. The lowest BCUT2D eigenvalue weighted by molar-refractivity contribution is 1.31. The molecule has 0 bridgehead atoms. The second kappa shape index (κ2) is 3.52. The summed E-state index contributed by atoms with van der Waals surface area (Å²) in [5.74, 6) is 0. The largest absolute Gasteiger partial charge is 0.264 e. The number of nitrogens with zero attached hydrogens (tertiary/aromatic N) is 1. The van der Waals surface area contributed by atoms with Gasteiger partial charge in [0.2, 0.25) is 0 Å². The van der Waals surface area contributed by atoms with Gasteiger partial charge in [-0.05, 0) is 29.1 Å². The zero-order chi connectivity index (χ0) is 7.40. The monoisotopic (exact) mass is 197 g/mol. The van der Waals surface area contributed by atoms with Gasteiger partial charge < -0.3 is 0 Å². The van der Waals surface area contributed by atoms with Gasteiger partial charge in [0, 0.05) is 12.4 Å². The molecule has 0 aliphatic carbocycles. The first-order valence-corrected chi connectivity index (χ1v) is 3.93. The Morgan fingerprint density at radius 3 is 3.00 bits per heavy atom. The van der Waals surface area contributed by atoms with Crippen molar-refractivity contribution in [2.75, 3.05) is 0 Å². The molecule has 0 aromatic carbocycles. The van der Waals surface area contributed by atoms with E-state index in [1.807, 2.05) is 30.2 Å². The minimum absolute atomic E-state index is 1.15. The summed E-state index contributed by atoms with van der Waals surface area (Å²) >= 11 is 3.26. The fraction of sp³-hybridized carbons (Fsp3) is 0.125. The van der Waals surface area contributed by atoms with Crippen LogP contribution in [0.2, 0.25) is 0 Å². The normalized spacial score (nSPS) is 11.6. The van der Waals surface area contributed by atoms with Gasteiger partial charge >= 0.3 is 0 Å². The summed E-state index contributed by atoms with van der Waals surface area (Å²) in [5, 5.41) is 0. The van der Waals surface area contributed by atoms with Crippen LogP contribution in [0.4, 0.5) is 0 Å². The predicted octanol–water partition coefficient (Wildman–Crippen LogP) is 2.84. The van der Waals surface area contributed by atoms with E-state index in [1.165, 1.54) is 5.57 Å². The number of allylic oxidation sites excluding steroid dienone is 1. The minimum Gasteiger partial charge on any atom is -0.264 e. The molecule has 2 heteroatoms. The Hall–Kier alpha value is -0.630. The van der Waals surface area contributed by atoms with Crippen molar-refractivity contribution in [1.29, 1.82) is 0 Å². The van der Waals surface area contributed by atoms with Gasteiger partial charge in [-0.15, -0.1) is 0 Å². The van der Waals surface area contributed by atoms with Gasteiger partial charge in [0.1, 0.15) is 0 Å². The first-order valence-electron chi connectivity index (χ1n) is 3.02. The lowest BCUT2D eigenvalue weighted by Gasteiger charge is -1.95. The zero-order valence-corrected chi connectivity index (χ0v) is 7.30. The second-order valence-electron chi connectivity index (χ2n) is 2.03. The third-order valence-corrected chi connectivity index (χ3v) is 1.97. The summed E-state index contributed by atoms with van der Waals surface area (Å²) in [6.45, 7) is 2.03. The average molecular weight is 198 g/mol. The van der Waals surface area contributed by atoms with Gasteiger partial charge in [-0.25, -0.2) is 0 Å². The maximum atomic E-state index is 3.99. The molecule has 0 saturated carbocycles. The predicted molar refractivity (Wildman–Crippen MR) is 46.8 cm³/mol. The molecule has 0 aliphatic heterocycles. The van der Waals surface area contributed by atoms with E-state index in [9.17, 15) is 0 Å². The maximum Gasteiger partial charge on any atom is 0.0343 e. The van der Waals surface area contributed by atoms with E-state index in [1.54, 1.807) is 6.20 Å².